The molecule has 0 saturated heterocycles. The van der Waals surface area contributed by atoms with Crippen LogP contribution in [-0.4, -0.2) is 29.7 Å². The zero-order valence-corrected chi connectivity index (χ0v) is 20.4. The molecular weight excluding hydrogens is 501 g/mol. The molecule has 1 aromatic carbocycles. The van der Waals surface area contributed by atoms with Crippen LogP contribution in [0.2, 0.25) is 5.15 Å². The van der Waals surface area contributed by atoms with Crippen LogP contribution in [0.15, 0.2) is 38.3 Å². The lowest BCUT2D eigenvalue weighted by Gasteiger charge is -2.26. The number of thiazole rings is 1. The first-order chi connectivity index (χ1) is 14.3. The first-order valence-corrected chi connectivity index (χ1v) is 12.8. The fourth-order valence-electron chi connectivity index (χ4n) is 3.45. The van der Waals surface area contributed by atoms with E-state index in [1.807, 2.05) is 6.92 Å². The van der Waals surface area contributed by atoms with E-state index < -0.39 is 10.0 Å². The Balaban J connectivity index is 0.00000272. The summed E-state index contributed by atoms with van der Waals surface area (Å²) in [7, 11) is -3.84. The summed E-state index contributed by atoms with van der Waals surface area (Å²) in [5.41, 5.74) is 1.71. The van der Waals surface area contributed by atoms with Gasteiger partial charge in [0.15, 0.2) is 11.5 Å². The molecule has 1 atom stereocenters. The molecule has 1 aliphatic heterocycles. The third-order valence-corrected chi connectivity index (χ3v) is 9.24. The summed E-state index contributed by atoms with van der Waals surface area (Å²) in [4.78, 5) is 1.03. The van der Waals surface area contributed by atoms with Gasteiger partial charge in [0.2, 0.25) is 4.80 Å². The number of rotatable bonds is 5. The zero-order chi connectivity index (χ0) is 21.5. The Morgan fingerprint density at radius 1 is 1.32 bits per heavy atom. The maximum absolute atomic E-state index is 12.7. The van der Waals surface area contributed by atoms with Crippen molar-refractivity contribution in [3.8, 4) is 11.5 Å². The fraction of sp³-hybridized carbons (Fsp3) is 0.316. The second kappa shape index (κ2) is 9.51. The van der Waals surface area contributed by atoms with Crippen LogP contribution in [0.25, 0.3) is 0 Å². The molecule has 168 valence electrons. The number of phenolic OH excluding ortho intramolecular Hbond substituents is 2. The fourth-order valence-corrected chi connectivity index (χ4v) is 7.20. The molecule has 31 heavy (non-hydrogen) atoms. The van der Waals surface area contributed by atoms with Crippen molar-refractivity contribution in [1.29, 1.82) is 0 Å². The Bertz CT molecular complexity index is 1250. The number of hydrogen-bond acceptors (Lipinski definition) is 7. The Morgan fingerprint density at radius 3 is 2.74 bits per heavy atom. The van der Waals surface area contributed by atoms with Crippen LogP contribution in [0.5, 0.6) is 11.5 Å². The third kappa shape index (κ3) is 4.64. The molecule has 3 heterocycles. The van der Waals surface area contributed by atoms with Crippen LogP contribution in [0.1, 0.15) is 35.4 Å². The van der Waals surface area contributed by atoms with Crippen molar-refractivity contribution in [2.45, 2.75) is 36.6 Å². The van der Waals surface area contributed by atoms with Crippen molar-refractivity contribution in [2.24, 2.45) is 4.40 Å². The molecular formula is C19H21Cl2N3O4S3. The number of thiophene rings is 1. The Kier molecular flexibility index (Phi) is 7.39. The molecule has 0 bridgehead atoms. The summed E-state index contributed by atoms with van der Waals surface area (Å²) >= 11 is 9.03. The molecule has 1 unspecified atom stereocenters. The van der Waals surface area contributed by atoms with Crippen molar-refractivity contribution < 1.29 is 18.6 Å². The lowest BCUT2D eigenvalue weighted by atomic mass is 9.93. The van der Waals surface area contributed by atoms with Gasteiger partial charge in [-0.2, -0.15) is 8.42 Å². The van der Waals surface area contributed by atoms with Gasteiger partial charge in [0.25, 0.3) is 10.0 Å². The average molecular weight is 523 g/mol. The van der Waals surface area contributed by atoms with E-state index in [0.29, 0.717) is 29.5 Å². The molecule has 4 rings (SSSR count). The maximum atomic E-state index is 12.7. The number of hydrogen-bond donors (Lipinski definition) is 3. The molecule has 0 saturated carbocycles. The summed E-state index contributed by atoms with van der Waals surface area (Å²) in [5, 5.41) is 25.3. The minimum absolute atomic E-state index is 0. The molecule has 1 aliphatic rings. The quantitative estimate of drug-likeness (QED) is 0.439. The van der Waals surface area contributed by atoms with Crippen LogP contribution in [0, 0.1) is 0 Å². The van der Waals surface area contributed by atoms with Crippen molar-refractivity contribution in [3.05, 3.63) is 55.6 Å². The molecule has 0 radical (unpaired) electrons. The SMILES string of the molecule is CCCn1c(Cl)c(C2NCCc3cc(O)c(O)cc32)s/c1=N\S(=O)(=O)c1cccs1.Cl. The van der Waals surface area contributed by atoms with E-state index in [9.17, 15) is 18.6 Å². The van der Waals surface area contributed by atoms with E-state index >= 15 is 0 Å². The van der Waals surface area contributed by atoms with Crippen molar-refractivity contribution in [3.63, 3.8) is 0 Å². The van der Waals surface area contributed by atoms with Gasteiger partial charge in [-0.25, -0.2) is 0 Å². The largest absolute Gasteiger partial charge is 0.504 e. The number of fused-ring (bicyclic) bond motifs is 1. The van der Waals surface area contributed by atoms with Gasteiger partial charge in [-0.3, -0.25) is 0 Å². The maximum Gasteiger partial charge on any atom is 0.294 e. The second-order valence-electron chi connectivity index (χ2n) is 6.87. The van der Waals surface area contributed by atoms with Crippen LogP contribution in [-0.2, 0) is 23.0 Å². The van der Waals surface area contributed by atoms with E-state index in [4.69, 9.17) is 11.6 Å². The highest BCUT2D eigenvalue weighted by Crippen LogP contribution is 2.39. The Morgan fingerprint density at radius 2 is 2.06 bits per heavy atom. The van der Waals surface area contributed by atoms with Gasteiger partial charge in [0.05, 0.1) is 10.9 Å². The van der Waals surface area contributed by atoms with E-state index in [-0.39, 0.29) is 34.2 Å². The highest BCUT2D eigenvalue weighted by atomic mass is 35.5. The molecule has 0 aliphatic carbocycles. The van der Waals surface area contributed by atoms with E-state index in [2.05, 4.69) is 9.71 Å². The van der Waals surface area contributed by atoms with E-state index in [0.717, 1.165) is 33.8 Å². The predicted octanol–water partition coefficient (Wildman–Crippen LogP) is 4.03. The topological polar surface area (TPSA) is 104 Å². The van der Waals surface area contributed by atoms with Gasteiger partial charge in [-0.05, 0) is 47.5 Å². The highest BCUT2D eigenvalue weighted by molar-refractivity contribution is 7.92. The summed E-state index contributed by atoms with van der Waals surface area (Å²) in [6.45, 7) is 3.16. The van der Waals surface area contributed by atoms with E-state index in [1.54, 1.807) is 22.1 Å². The summed E-state index contributed by atoms with van der Waals surface area (Å²) < 4.78 is 31.4. The number of phenols is 2. The van der Waals surface area contributed by atoms with E-state index in [1.165, 1.54) is 23.5 Å². The minimum atomic E-state index is -3.84. The molecule has 12 heteroatoms. The Hall–Kier alpha value is -1.56. The van der Waals surface area contributed by atoms with Gasteiger partial charge in [0, 0.05) is 13.1 Å². The first-order valence-electron chi connectivity index (χ1n) is 9.33. The first kappa shape index (κ1) is 24.1. The molecule has 7 nitrogen and oxygen atoms in total. The normalized spacial score (nSPS) is 16.7. The standard InChI is InChI=1S/C19H20ClN3O4S3.ClH/c1-2-7-23-18(20)17(29-19(23)22-30(26,27)15-4-3-8-28-15)16-12-10-14(25)13(24)9-11(12)5-6-21-16;/h3-4,8-10,16,21,24-25H,2,5-7H2,1H3;1H/b22-19-;. The number of aromatic hydroxyl groups is 2. The number of sulfonamides is 1. The van der Waals surface area contributed by atoms with Gasteiger partial charge < -0.3 is 20.1 Å². The van der Waals surface area contributed by atoms with Crippen molar-refractivity contribution >= 4 is 56.7 Å². The molecule has 2 aromatic heterocycles. The number of nitrogens with one attached hydrogen (secondary N) is 1. The minimum Gasteiger partial charge on any atom is -0.504 e. The molecule has 0 fully saturated rings. The van der Waals surface area contributed by atoms with Gasteiger partial charge in [0.1, 0.15) is 9.36 Å². The predicted molar refractivity (Wildman–Crippen MR) is 125 cm³/mol. The summed E-state index contributed by atoms with van der Waals surface area (Å²) in [5.74, 6) is -0.368. The van der Waals surface area contributed by atoms with Crippen LogP contribution >= 0.6 is 46.7 Å². The second-order valence-corrected chi connectivity index (χ2v) is 11.0. The van der Waals surface area contributed by atoms with Crippen LogP contribution in [0.3, 0.4) is 0 Å². The van der Waals surface area contributed by atoms with Crippen LogP contribution in [0.4, 0.5) is 0 Å². The smallest absolute Gasteiger partial charge is 0.294 e. The molecule has 0 amide bonds. The number of halogens is 2. The molecule has 3 aromatic rings. The lowest BCUT2D eigenvalue weighted by molar-refractivity contribution is 0.400. The summed E-state index contributed by atoms with van der Waals surface area (Å²) in [6.07, 6.45) is 1.45. The van der Waals surface area contributed by atoms with Gasteiger partial charge in [-0.15, -0.1) is 28.1 Å². The molecule has 0 spiro atoms. The monoisotopic (exact) mass is 521 g/mol. The zero-order valence-electron chi connectivity index (χ0n) is 16.4. The third-order valence-electron chi connectivity index (χ3n) is 4.82. The van der Waals surface area contributed by atoms with Gasteiger partial charge in [-0.1, -0.05) is 35.9 Å². The number of aromatic nitrogens is 1. The number of nitrogens with zero attached hydrogens (tertiary/aromatic N) is 2. The summed E-state index contributed by atoms with van der Waals surface area (Å²) in [6, 6.07) is 5.95. The van der Waals surface area contributed by atoms with Crippen molar-refractivity contribution in [2.75, 3.05) is 6.54 Å². The van der Waals surface area contributed by atoms with Gasteiger partial charge >= 0.3 is 0 Å². The average Bonchev–Trinajstić information content (AvgIpc) is 3.34. The van der Waals surface area contributed by atoms with Crippen LogP contribution < -0.4 is 10.1 Å². The lowest BCUT2D eigenvalue weighted by Crippen LogP contribution is -2.30. The van der Waals surface area contributed by atoms with Crippen molar-refractivity contribution in [1.82, 2.24) is 9.88 Å². The Labute approximate surface area is 199 Å². The number of benzene rings is 1. The molecule has 3 N–H and O–H groups in total. The highest BCUT2D eigenvalue weighted by Gasteiger charge is 2.28.